The van der Waals surface area contributed by atoms with E-state index in [1.165, 1.54) is 21.3 Å². The van der Waals surface area contributed by atoms with E-state index < -0.39 is 5.41 Å². The highest BCUT2D eigenvalue weighted by molar-refractivity contribution is 5.96. The van der Waals surface area contributed by atoms with Crippen LogP contribution in [0.4, 0.5) is 0 Å². The van der Waals surface area contributed by atoms with Crippen molar-refractivity contribution < 1.29 is 28.5 Å². The molecule has 234 valence electrons. The Morgan fingerprint density at radius 2 is 1.48 bits per heavy atom. The Kier molecular flexibility index (Phi) is 9.64. The quantitative estimate of drug-likeness (QED) is 0.338. The topological polar surface area (TPSA) is 98.4 Å². The third-order valence-corrected chi connectivity index (χ3v) is 9.36. The molecule has 0 aliphatic carbocycles. The lowest BCUT2D eigenvalue weighted by Gasteiger charge is -2.37. The number of nitrogens with zero attached hydrogens (tertiary/aromatic N) is 1. The normalized spacial score (nSPS) is 19.2. The molecule has 1 unspecified atom stereocenters. The van der Waals surface area contributed by atoms with Crippen molar-refractivity contribution >= 4 is 11.8 Å². The smallest absolute Gasteiger partial charge is 0.254 e. The molecule has 2 amide bonds. The lowest BCUT2D eigenvalue weighted by atomic mass is 9.72. The molecule has 2 saturated heterocycles. The first-order chi connectivity index (χ1) is 21.4. The fourth-order valence-corrected chi connectivity index (χ4v) is 6.80. The van der Waals surface area contributed by atoms with Gasteiger partial charge in [-0.3, -0.25) is 9.59 Å². The van der Waals surface area contributed by atoms with E-state index in [0.717, 1.165) is 49.2 Å². The molecule has 9 heteroatoms. The molecule has 2 aliphatic heterocycles. The second kappa shape index (κ2) is 13.6. The van der Waals surface area contributed by atoms with E-state index in [0.29, 0.717) is 48.9 Å². The molecule has 3 aromatic rings. The standard InChI is InChI=1S/C35H43N3O6/c1-41-28-12-10-26(11-13-28)34(14-20-37-33(40)35(15-18-36-19-16-35)27-8-6-5-7-9-27)17-21-38(24-34)32(39)25-22-29(42-2)31(44-4)30(23-25)43-3/h5-13,22-23,36H,14-21,24H2,1-4H3,(H,37,40). The van der Waals surface area contributed by atoms with Crippen molar-refractivity contribution in [3.63, 3.8) is 0 Å². The molecular formula is C35H43N3O6. The Morgan fingerprint density at radius 1 is 0.818 bits per heavy atom. The zero-order valence-electron chi connectivity index (χ0n) is 26.1. The number of piperidine rings is 1. The molecule has 2 N–H and O–H groups in total. The average Bonchev–Trinajstić information content (AvgIpc) is 3.53. The predicted molar refractivity (Wildman–Crippen MR) is 169 cm³/mol. The summed E-state index contributed by atoms with van der Waals surface area (Å²) in [6.45, 7) is 3.19. The van der Waals surface area contributed by atoms with E-state index in [-0.39, 0.29) is 17.2 Å². The molecule has 0 aromatic heterocycles. The maximum Gasteiger partial charge on any atom is 0.254 e. The predicted octanol–water partition coefficient (Wildman–Crippen LogP) is 4.33. The molecule has 0 radical (unpaired) electrons. The van der Waals surface area contributed by atoms with Crippen LogP contribution in [0.3, 0.4) is 0 Å². The summed E-state index contributed by atoms with van der Waals surface area (Å²) in [5.41, 5.74) is 1.75. The van der Waals surface area contributed by atoms with Gasteiger partial charge in [0.1, 0.15) is 5.75 Å². The number of hydrogen-bond acceptors (Lipinski definition) is 7. The van der Waals surface area contributed by atoms with Gasteiger partial charge in [-0.15, -0.1) is 0 Å². The van der Waals surface area contributed by atoms with Crippen molar-refractivity contribution in [2.24, 2.45) is 0 Å². The fourth-order valence-electron chi connectivity index (χ4n) is 6.80. The van der Waals surface area contributed by atoms with Gasteiger partial charge in [0.05, 0.1) is 33.9 Å². The van der Waals surface area contributed by atoms with Gasteiger partial charge < -0.3 is 34.5 Å². The van der Waals surface area contributed by atoms with Crippen molar-refractivity contribution in [2.45, 2.75) is 36.5 Å². The van der Waals surface area contributed by atoms with Crippen molar-refractivity contribution in [3.8, 4) is 23.0 Å². The minimum absolute atomic E-state index is 0.0680. The van der Waals surface area contributed by atoms with Crippen LogP contribution in [0.1, 0.15) is 47.2 Å². The molecule has 9 nitrogen and oxygen atoms in total. The van der Waals surface area contributed by atoms with Crippen molar-refractivity contribution in [1.82, 2.24) is 15.5 Å². The Hall–Kier alpha value is -4.24. The van der Waals surface area contributed by atoms with Crippen LogP contribution in [0.15, 0.2) is 66.7 Å². The summed E-state index contributed by atoms with van der Waals surface area (Å²) in [5.74, 6) is 2.04. The largest absolute Gasteiger partial charge is 0.497 e. The van der Waals surface area contributed by atoms with Gasteiger partial charge in [-0.1, -0.05) is 42.5 Å². The summed E-state index contributed by atoms with van der Waals surface area (Å²) in [5, 5.41) is 6.71. The minimum atomic E-state index is -0.552. The van der Waals surface area contributed by atoms with Gasteiger partial charge in [0.25, 0.3) is 5.91 Å². The van der Waals surface area contributed by atoms with Crippen LogP contribution in [-0.2, 0) is 15.6 Å². The molecule has 2 fully saturated rings. The summed E-state index contributed by atoms with van der Waals surface area (Å²) < 4.78 is 21.9. The number of hydrogen-bond donors (Lipinski definition) is 2. The maximum atomic E-state index is 13.9. The van der Waals surface area contributed by atoms with Crippen LogP contribution in [0.25, 0.3) is 0 Å². The number of amides is 2. The van der Waals surface area contributed by atoms with E-state index in [4.69, 9.17) is 18.9 Å². The van der Waals surface area contributed by atoms with Crippen LogP contribution in [0, 0.1) is 0 Å². The number of nitrogens with one attached hydrogen (secondary N) is 2. The SMILES string of the molecule is COc1ccc(C2(CCNC(=O)C3(c4ccccc4)CCNCC3)CCN(C(=O)c3cc(OC)c(OC)c(OC)c3)C2)cc1. The second-order valence-electron chi connectivity index (χ2n) is 11.6. The molecule has 0 spiro atoms. The monoisotopic (exact) mass is 601 g/mol. The molecule has 3 aromatic carbocycles. The van der Waals surface area contributed by atoms with Gasteiger partial charge in [0, 0.05) is 30.6 Å². The van der Waals surface area contributed by atoms with Crippen LogP contribution >= 0.6 is 0 Å². The highest BCUT2D eigenvalue weighted by atomic mass is 16.5. The zero-order valence-corrected chi connectivity index (χ0v) is 26.1. The van der Waals surface area contributed by atoms with E-state index in [1.807, 2.05) is 35.2 Å². The number of rotatable bonds is 11. The third kappa shape index (κ3) is 6.06. The molecule has 5 rings (SSSR count). The van der Waals surface area contributed by atoms with Gasteiger partial charge in [-0.2, -0.15) is 0 Å². The number of carbonyl (C=O) groups excluding carboxylic acids is 2. The zero-order chi connectivity index (χ0) is 31.2. The van der Waals surface area contributed by atoms with Gasteiger partial charge in [0.2, 0.25) is 11.7 Å². The first-order valence-corrected chi connectivity index (χ1v) is 15.2. The molecule has 44 heavy (non-hydrogen) atoms. The van der Waals surface area contributed by atoms with E-state index in [9.17, 15) is 9.59 Å². The maximum absolute atomic E-state index is 13.9. The molecule has 1 atom stereocenters. The average molecular weight is 602 g/mol. The Bertz CT molecular complexity index is 1410. The highest BCUT2D eigenvalue weighted by Crippen LogP contribution is 2.42. The van der Waals surface area contributed by atoms with Crippen molar-refractivity contribution in [2.75, 3.05) is 61.2 Å². The van der Waals surface area contributed by atoms with Gasteiger partial charge in [-0.25, -0.2) is 0 Å². The van der Waals surface area contributed by atoms with E-state index in [2.05, 4.69) is 34.9 Å². The van der Waals surface area contributed by atoms with E-state index in [1.54, 1.807) is 19.2 Å². The minimum Gasteiger partial charge on any atom is -0.497 e. The second-order valence-corrected chi connectivity index (χ2v) is 11.6. The highest BCUT2D eigenvalue weighted by Gasteiger charge is 2.44. The summed E-state index contributed by atoms with van der Waals surface area (Å²) in [4.78, 5) is 29.6. The van der Waals surface area contributed by atoms with Crippen LogP contribution in [-0.4, -0.2) is 77.9 Å². The summed E-state index contributed by atoms with van der Waals surface area (Å²) >= 11 is 0. The van der Waals surface area contributed by atoms with Gasteiger partial charge in [-0.05, 0) is 74.2 Å². The lowest BCUT2D eigenvalue weighted by molar-refractivity contribution is -0.127. The first-order valence-electron chi connectivity index (χ1n) is 15.2. The molecule has 0 bridgehead atoms. The Balaban J connectivity index is 1.38. The lowest BCUT2D eigenvalue weighted by Crippen LogP contribution is -2.51. The Labute approximate surface area is 259 Å². The fraction of sp³-hybridized carbons (Fsp3) is 0.429. The molecule has 2 heterocycles. The summed E-state index contributed by atoms with van der Waals surface area (Å²) in [6.07, 6.45) is 2.96. The number of ether oxygens (including phenoxy) is 4. The number of benzene rings is 3. The van der Waals surface area contributed by atoms with Crippen LogP contribution in [0.5, 0.6) is 23.0 Å². The van der Waals surface area contributed by atoms with Gasteiger partial charge in [0.15, 0.2) is 11.5 Å². The number of methoxy groups -OCH3 is 4. The van der Waals surface area contributed by atoms with Crippen LogP contribution < -0.4 is 29.6 Å². The molecule has 0 saturated carbocycles. The van der Waals surface area contributed by atoms with Crippen molar-refractivity contribution in [3.05, 3.63) is 83.4 Å². The summed E-state index contributed by atoms with van der Waals surface area (Å²) in [6, 6.07) is 21.6. The number of carbonyl (C=O) groups is 2. The third-order valence-electron chi connectivity index (χ3n) is 9.36. The van der Waals surface area contributed by atoms with Crippen LogP contribution in [0.2, 0.25) is 0 Å². The summed E-state index contributed by atoms with van der Waals surface area (Å²) in [7, 11) is 6.26. The van der Waals surface area contributed by atoms with Gasteiger partial charge >= 0.3 is 0 Å². The molecule has 2 aliphatic rings. The van der Waals surface area contributed by atoms with Crippen molar-refractivity contribution in [1.29, 1.82) is 0 Å². The Morgan fingerprint density at radius 3 is 2.07 bits per heavy atom. The molecular weight excluding hydrogens is 558 g/mol. The number of likely N-dealkylation sites (tertiary alicyclic amines) is 1. The first kappa shape index (κ1) is 31.2. The van der Waals surface area contributed by atoms with E-state index >= 15 is 0 Å².